The van der Waals surface area contributed by atoms with Crippen molar-refractivity contribution in [3.05, 3.63) is 48.0 Å². The van der Waals surface area contributed by atoms with Crippen LogP contribution in [0.25, 0.3) is 10.8 Å². The number of nitrogens with one attached hydrogen (secondary N) is 2. The predicted octanol–water partition coefficient (Wildman–Crippen LogP) is 1.63. The van der Waals surface area contributed by atoms with Gasteiger partial charge in [0.05, 0.1) is 13.0 Å². The number of benzene rings is 2. The highest BCUT2D eigenvalue weighted by Crippen LogP contribution is 2.18. The molecular weight excluding hydrogens is 326 g/mol. The van der Waals surface area contributed by atoms with Crippen molar-refractivity contribution in [2.45, 2.75) is 13.3 Å². The van der Waals surface area contributed by atoms with Crippen LogP contribution < -0.4 is 16.4 Å². The number of hydrogen-bond acceptors (Lipinski definition) is 3. The maximum Gasteiger partial charge on any atom is 0.239 e. The third kappa shape index (κ3) is 5.83. The Hall–Kier alpha value is -2.11. The summed E-state index contributed by atoms with van der Waals surface area (Å²) in [7, 11) is 0. The Balaban J connectivity index is 0.00000288. The first-order valence-electron chi connectivity index (χ1n) is 7.80. The molecule has 0 bridgehead atoms. The van der Waals surface area contributed by atoms with Crippen molar-refractivity contribution < 1.29 is 9.59 Å². The van der Waals surface area contributed by atoms with E-state index in [0.29, 0.717) is 13.1 Å². The quantitative estimate of drug-likeness (QED) is 0.710. The van der Waals surface area contributed by atoms with Crippen LogP contribution in [0.5, 0.6) is 0 Å². The molecule has 2 aromatic rings. The maximum atomic E-state index is 12.0. The van der Waals surface area contributed by atoms with Gasteiger partial charge in [-0.25, -0.2) is 0 Å². The minimum absolute atomic E-state index is 0. The van der Waals surface area contributed by atoms with Gasteiger partial charge in [0.1, 0.15) is 0 Å². The normalized spacial score (nSPS) is 11.4. The number of carbonyl (C=O) groups is 2. The van der Waals surface area contributed by atoms with E-state index in [-0.39, 0.29) is 43.1 Å². The van der Waals surface area contributed by atoms with Gasteiger partial charge in [-0.1, -0.05) is 49.4 Å². The van der Waals surface area contributed by atoms with Crippen LogP contribution in [0.3, 0.4) is 0 Å². The monoisotopic (exact) mass is 349 g/mol. The minimum atomic E-state index is -0.198. The minimum Gasteiger partial charge on any atom is -0.354 e. The summed E-state index contributed by atoms with van der Waals surface area (Å²) < 4.78 is 0. The molecule has 0 spiro atoms. The zero-order valence-electron chi connectivity index (χ0n) is 13.7. The third-order valence-electron chi connectivity index (χ3n) is 3.73. The van der Waals surface area contributed by atoms with Crippen molar-refractivity contribution >= 4 is 35.0 Å². The zero-order chi connectivity index (χ0) is 16.7. The lowest BCUT2D eigenvalue weighted by Crippen LogP contribution is -2.39. The molecule has 2 amide bonds. The van der Waals surface area contributed by atoms with Crippen LogP contribution in [-0.2, 0) is 16.0 Å². The fraction of sp³-hybridized carbons (Fsp3) is 0.333. The van der Waals surface area contributed by atoms with Crippen molar-refractivity contribution in [3.63, 3.8) is 0 Å². The van der Waals surface area contributed by atoms with Gasteiger partial charge in [-0.2, -0.15) is 0 Å². The average molecular weight is 350 g/mol. The van der Waals surface area contributed by atoms with E-state index in [4.69, 9.17) is 5.73 Å². The SMILES string of the molecule is CC(CN)CNC(=O)CNC(=O)Cc1cccc2ccccc12.Cl. The summed E-state index contributed by atoms with van der Waals surface area (Å²) in [5.41, 5.74) is 6.45. The number of nitrogens with two attached hydrogens (primary N) is 1. The Labute approximate surface area is 148 Å². The van der Waals surface area contributed by atoms with Crippen LogP contribution in [0, 0.1) is 5.92 Å². The van der Waals surface area contributed by atoms with E-state index in [1.807, 2.05) is 49.4 Å². The molecule has 24 heavy (non-hydrogen) atoms. The summed E-state index contributed by atoms with van der Waals surface area (Å²) in [6.45, 7) is 2.99. The van der Waals surface area contributed by atoms with Crippen molar-refractivity contribution in [1.29, 1.82) is 0 Å². The molecule has 1 atom stereocenters. The number of fused-ring (bicyclic) bond motifs is 1. The molecule has 0 aromatic heterocycles. The molecule has 0 radical (unpaired) electrons. The maximum absolute atomic E-state index is 12.0. The molecule has 4 N–H and O–H groups in total. The lowest BCUT2D eigenvalue weighted by molar-refractivity contribution is -0.125. The summed E-state index contributed by atoms with van der Waals surface area (Å²) in [4.78, 5) is 23.7. The number of carbonyl (C=O) groups excluding carboxylic acids is 2. The molecule has 1 unspecified atom stereocenters. The van der Waals surface area contributed by atoms with Crippen molar-refractivity contribution in [1.82, 2.24) is 10.6 Å². The fourth-order valence-electron chi connectivity index (χ4n) is 2.29. The molecule has 2 aromatic carbocycles. The van der Waals surface area contributed by atoms with Gasteiger partial charge in [-0.15, -0.1) is 12.4 Å². The Morgan fingerprint density at radius 2 is 1.75 bits per heavy atom. The van der Waals surface area contributed by atoms with Gasteiger partial charge in [-0.3, -0.25) is 9.59 Å². The average Bonchev–Trinajstić information content (AvgIpc) is 2.58. The number of halogens is 1. The van der Waals surface area contributed by atoms with Crippen LogP contribution in [0.4, 0.5) is 0 Å². The van der Waals surface area contributed by atoms with Gasteiger partial charge < -0.3 is 16.4 Å². The summed E-state index contributed by atoms with van der Waals surface area (Å²) in [6.07, 6.45) is 0.258. The van der Waals surface area contributed by atoms with E-state index in [2.05, 4.69) is 10.6 Å². The van der Waals surface area contributed by atoms with Crippen molar-refractivity contribution in [2.75, 3.05) is 19.6 Å². The number of hydrogen-bond donors (Lipinski definition) is 3. The third-order valence-corrected chi connectivity index (χ3v) is 3.73. The molecule has 0 saturated carbocycles. The first-order chi connectivity index (χ1) is 11.1. The van der Waals surface area contributed by atoms with Crippen molar-refractivity contribution in [3.8, 4) is 0 Å². The van der Waals surface area contributed by atoms with Crippen LogP contribution in [-0.4, -0.2) is 31.4 Å². The highest BCUT2D eigenvalue weighted by atomic mass is 35.5. The molecular formula is C18H24ClN3O2. The van der Waals surface area contributed by atoms with Crippen molar-refractivity contribution in [2.24, 2.45) is 11.7 Å². The Bertz CT molecular complexity index is 686. The second-order valence-corrected chi connectivity index (χ2v) is 5.74. The van der Waals surface area contributed by atoms with E-state index < -0.39 is 0 Å². The number of amides is 2. The van der Waals surface area contributed by atoms with Crippen LogP contribution in [0.1, 0.15) is 12.5 Å². The summed E-state index contributed by atoms with van der Waals surface area (Å²) in [5, 5.41) is 7.57. The van der Waals surface area contributed by atoms with Crippen LogP contribution in [0.15, 0.2) is 42.5 Å². The van der Waals surface area contributed by atoms with E-state index >= 15 is 0 Å². The number of rotatable bonds is 7. The van der Waals surface area contributed by atoms with E-state index in [0.717, 1.165) is 16.3 Å². The van der Waals surface area contributed by atoms with Gasteiger partial charge in [0.2, 0.25) is 11.8 Å². The summed E-state index contributed by atoms with van der Waals surface area (Å²) in [6, 6.07) is 13.8. The molecule has 0 heterocycles. The summed E-state index contributed by atoms with van der Waals surface area (Å²) >= 11 is 0. The first-order valence-corrected chi connectivity index (χ1v) is 7.80. The van der Waals surface area contributed by atoms with Gasteiger partial charge in [0, 0.05) is 6.54 Å². The Morgan fingerprint density at radius 1 is 1.04 bits per heavy atom. The largest absolute Gasteiger partial charge is 0.354 e. The topological polar surface area (TPSA) is 84.2 Å². The van der Waals surface area contributed by atoms with Gasteiger partial charge >= 0.3 is 0 Å². The Morgan fingerprint density at radius 3 is 2.50 bits per heavy atom. The van der Waals surface area contributed by atoms with Gasteiger partial charge in [0.25, 0.3) is 0 Å². The standard InChI is InChI=1S/C18H23N3O2.ClH/c1-13(10-19)11-20-18(23)12-21-17(22)9-15-7-4-6-14-5-2-3-8-16(14)15;/h2-8,13H,9-12,19H2,1H3,(H,20,23)(H,21,22);1H. The second kappa shape index (κ2) is 9.90. The predicted molar refractivity (Wildman–Crippen MR) is 99.1 cm³/mol. The molecule has 6 heteroatoms. The van der Waals surface area contributed by atoms with Crippen LogP contribution >= 0.6 is 12.4 Å². The molecule has 0 aliphatic carbocycles. The van der Waals surface area contributed by atoms with Crippen LogP contribution in [0.2, 0.25) is 0 Å². The lowest BCUT2D eigenvalue weighted by atomic mass is 10.0. The molecule has 0 fully saturated rings. The molecule has 0 aliphatic heterocycles. The summed E-state index contributed by atoms with van der Waals surface area (Å²) in [5.74, 6) is -0.134. The molecule has 5 nitrogen and oxygen atoms in total. The molecule has 2 rings (SSSR count). The molecule has 130 valence electrons. The molecule has 0 saturated heterocycles. The highest BCUT2D eigenvalue weighted by molar-refractivity contribution is 5.91. The highest BCUT2D eigenvalue weighted by Gasteiger charge is 2.09. The zero-order valence-corrected chi connectivity index (χ0v) is 14.6. The second-order valence-electron chi connectivity index (χ2n) is 5.74. The van der Waals surface area contributed by atoms with E-state index in [1.54, 1.807) is 0 Å². The Kier molecular flexibility index (Phi) is 8.22. The van der Waals surface area contributed by atoms with E-state index in [9.17, 15) is 9.59 Å². The van der Waals surface area contributed by atoms with E-state index in [1.165, 1.54) is 0 Å². The first kappa shape index (κ1) is 19.9. The lowest BCUT2D eigenvalue weighted by Gasteiger charge is -2.11. The van der Waals surface area contributed by atoms with Gasteiger partial charge in [0.15, 0.2) is 0 Å². The fourth-order valence-corrected chi connectivity index (χ4v) is 2.29. The molecule has 0 aliphatic rings. The smallest absolute Gasteiger partial charge is 0.239 e. The van der Waals surface area contributed by atoms with Gasteiger partial charge in [-0.05, 0) is 28.8 Å².